The third kappa shape index (κ3) is 5.34. The van der Waals surface area contributed by atoms with Crippen LogP contribution in [0.4, 0.5) is 0 Å². The maximum Gasteiger partial charge on any atom is 0.263 e. The van der Waals surface area contributed by atoms with Gasteiger partial charge in [0.2, 0.25) is 0 Å². The number of methoxy groups -OCH3 is 1. The van der Waals surface area contributed by atoms with E-state index in [9.17, 15) is 9.59 Å². The highest BCUT2D eigenvalue weighted by Crippen LogP contribution is 2.31. The van der Waals surface area contributed by atoms with Crippen molar-refractivity contribution in [2.45, 2.75) is 6.54 Å². The van der Waals surface area contributed by atoms with E-state index in [0.29, 0.717) is 27.3 Å². The molecule has 144 valence electrons. The lowest BCUT2D eigenvalue weighted by atomic mass is 10.2. The van der Waals surface area contributed by atoms with E-state index >= 15 is 0 Å². The van der Waals surface area contributed by atoms with Crippen LogP contribution in [0.2, 0.25) is 0 Å². The van der Waals surface area contributed by atoms with E-state index in [1.165, 1.54) is 18.9 Å². The Hall–Kier alpha value is -2.84. The summed E-state index contributed by atoms with van der Waals surface area (Å²) in [5.74, 6) is 0.462. The van der Waals surface area contributed by atoms with Gasteiger partial charge in [-0.2, -0.15) is 0 Å². The summed E-state index contributed by atoms with van der Waals surface area (Å²) in [4.78, 5) is 24.3. The first-order valence-electron chi connectivity index (χ1n) is 8.41. The molecule has 0 unspecified atom stereocenters. The number of ether oxygens (including phenoxy) is 2. The number of nitrogens with one attached hydrogen (secondary N) is 2. The lowest BCUT2D eigenvalue weighted by molar-refractivity contribution is -0.123. The average molecular weight is 415 g/mol. The second-order valence-corrected chi connectivity index (χ2v) is 7.53. The molecule has 0 saturated carbocycles. The molecule has 0 aromatic heterocycles. The summed E-state index contributed by atoms with van der Waals surface area (Å²) in [7, 11) is 1.51. The smallest absolute Gasteiger partial charge is 0.263 e. The number of thiocarbonyl (C=S) groups is 1. The van der Waals surface area contributed by atoms with Crippen LogP contribution < -0.4 is 20.1 Å². The molecule has 0 radical (unpaired) electrons. The third-order valence-corrected chi connectivity index (χ3v) is 4.98. The molecule has 3 rings (SSSR count). The van der Waals surface area contributed by atoms with E-state index in [2.05, 4.69) is 10.6 Å². The van der Waals surface area contributed by atoms with E-state index in [0.717, 1.165) is 11.1 Å². The lowest BCUT2D eigenvalue weighted by Crippen LogP contribution is -2.28. The molecule has 2 aromatic carbocycles. The summed E-state index contributed by atoms with van der Waals surface area (Å²) in [6.07, 6.45) is 1.72. The molecular weight excluding hydrogens is 396 g/mol. The Morgan fingerprint density at radius 2 is 2.00 bits per heavy atom. The van der Waals surface area contributed by atoms with Crippen LogP contribution in [0.15, 0.2) is 53.4 Å². The predicted molar refractivity (Wildman–Crippen MR) is 113 cm³/mol. The van der Waals surface area contributed by atoms with Crippen molar-refractivity contribution in [3.63, 3.8) is 0 Å². The number of carbonyl (C=O) groups is 2. The van der Waals surface area contributed by atoms with Crippen LogP contribution in [0, 0.1) is 0 Å². The minimum atomic E-state index is -0.232. The SMILES string of the molecule is COc1cc(/C=C2/SC(=S)NC2=O)ccc1OCC(=O)NCc1ccccc1. The number of rotatable bonds is 7. The quantitative estimate of drug-likeness (QED) is 0.536. The van der Waals surface area contributed by atoms with Crippen molar-refractivity contribution in [3.05, 3.63) is 64.6 Å². The normalized spacial score (nSPS) is 14.7. The zero-order valence-electron chi connectivity index (χ0n) is 15.1. The molecule has 2 amide bonds. The molecule has 2 N–H and O–H groups in total. The second kappa shape index (κ2) is 9.38. The van der Waals surface area contributed by atoms with Crippen molar-refractivity contribution in [2.24, 2.45) is 0 Å². The van der Waals surface area contributed by atoms with Gasteiger partial charge in [0.25, 0.3) is 11.8 Å². The van der Waals surface area contributed by atoms with E-state index in [1.807, 2.05) is 30.3 Å². The van der Waals surface area contributed by atoms with Gasteiger partial charge in [0.05, 0.1) is 12.0 Å². The van der Waals surface area contributed by atoms with E-state index < -0.39 is 0 Å². The molecule has 28 heavy (non-hydrogen) atoms. The van der Waals surface area contributed by atoms with Gasteiger partial charge in [0, 0.05) is 6.54 Å². The number of carbonyl (C=O) groups excluding carboxylic acids is 2. The number of hydrogen-bond acceptors (Lipinski definition) is 6. The fourth-order valence-corrected chi connectivity index (χ4v) is 3.50. The first kappa shape index (κ1) is 19.9. The summed E-state index contributed by atoms with van der Waals surface area (Å²) in [6, 6.07) is 14.8. The molecular formula is C20H18N2O4S2. The van der Waals surface area contributed by atoms with Crippen LogP contribution in [0.5, 0.6) is 11.5 Å². The molecule has 0 spiro atoms. The molecule has 1 saturated heterocycles. The van der Waals surface area contributed by atoms with Gasteiger partial charge in [-0.3, -0.25) is 9.59 Å². The summed E-state index contributed by atoms with van der Waals surface area (Å²) in [5.41, 5.74) is 1.78. The molecule has 1 heterocycles. The van der Waals surface area contributed by atoms with Crippen LogP contribution in [0.1, 0.15) is 11.1 Å². The minimum Gasteiger partial charge on any atom is -0.493 e. The van der Waals surface area contributed by atoms with Crippen LogP contribution >= 0.6 is 24.0 Å². The fourth-order valence-electron chi connectivity index (χ4n) is 2.46. The minimum absolute atomic E-state index is 0.129. The Morgan fingerprint density at radius 1 is 1.21 bits per heavy atom. The zero-order chi connectivity index (χ0) is 19.9. The fraction of sp³-hybridized carbons (Fsp3) is 0.150. The molecule has 8 heteroatoms. The van der Waals surface area contributed by atoms with E-state index in [-0.39, 0.29) is 18.4 Å². The molecule has 0 atom stereocenters. The number of hydrogen-bond donors (Lipinski definition) is 2. The summed E-state index contributed by atoms with van der Waals surface area (Å²) in [6.45, 7) is 0.310. The molecule has 1 fully saturated rings. The van der Waals surface area contributed by atoms with E-state index in [1.54, 1.807) is 24.3 Å². The van der Waals surface area contributed by atoms with Gasteiger partial charge in [0.15, 0.2) is 18.1 Å². The van der Waals surface area contributed by atoms with Crippen molar-refractivity contribution in [1.82, 2.24) is 10.6 Å². The van der Waals surface area contributed by atoms with E-state index in [4.69, 9.17) is 21.7 Å². The van der Waals surface area contributed by atoms with Gasteiger partial charge >= 0.3 is 0 Å². The average Bonchev–Trinajstić information content (AvgIpc) is 3.02. The Labute approximate surface area is 172 Å². The van der Waals surface area contributed by atoms with Gasteiger partial charge in [-0.25, -0.2) is 0 Å². The highest BCUT2D eigenvalue weighted by Gasteiger charge is 2.22. The molecule has 0 aliphatic carbocycles. The van der Waals surface area contributed by atoms with Crippen molar-refractivity contribution in [1.29, 1.82) is 0 Å². The van der Waals surface area contributed by atoms with Gasteiger partial charge < -0.3 is 20.1 Å². The van der Waals surface area contributed by atoms with Gasteiger partial charge in [0.1, 0.15) is 4.32 Å². The summed E-state index contributed by atoms with van der Waals surface area (Å²) < 4.78 is 11.4. The topological polar surface area (TPSA) is 76.7 Å². The number of benzene rings is 2. The predicted octanol–water partition coefficient (Wildman–Crippen LogP) is 2.88. The first-order valence-corrected chi connectivity index (χ1v) is 9.64. The zero-order valence-corrected chi connectivity index (χ0v) is 16.7. The monoisotopic (exact) mass is 414 g/mol. The van der Waals surface area contributed by atoms with Gasteiger partial charge in [-0.15, -0.1) is 0 Å². The highest BCUT2D eigenvalue weighted by molar-refractivity contribution is 8.26. The Morgan fingerprint density at radius 3 is 2.68 bits per heavy atom. The highest BCUT2D eigenvalue weighted by atomic mass is 32.2. The molecule has 6 nitrogen and oxygen atoms in total. The molecule has 1 aliphatic heterocycles. The summed E-state index contributed by atoms with van der Waals surface area (Å²) >= 11 is 6.19. The Kier molecular flexibility index (Phi) is 6.67. The molecule has 2 aromatic rings. The molecule has 1 aliphatic rings. The van der Waals surface area contributed by atoms with Crippen molar-refractivity contribution >= 4 is 46.2 Å². The third-order valence-electron chi connectivity index (χ3n) is 3.82. The van der Waals surface area contributed by atoms with Crippen molar-refractivity contribution in [3.8, 4) is 11.5 Å². The second-order valence-electron chi connectivity index (χ2n) is 5.81. The number of amides is 2. The Balaban J connectivity index is 1.59. The van der Waals surface area contributed by atoms with Gasteiger partial charge in [-0.1, -0.05) is 60.4 Å². The van der Waals surface area contributed by atoms with Crippen LogP contribution in [-0.2, 0) is 16.1 Å². The molecule has 0 bridgehead atoms. The lowest BCUT2D eigenvalue weighted by Gasteiger charge is -2.11. The maximum atomic E-state index is 12.0. The van der Waals surface area contributed by atoms with Crippen LogP contribution in [0.25, 0.3) is 6.08 Å². The van der Waals surface area contributed by atoms with Crippen LogP contribution in [0.3, 0.4) is 0 Å². The van der Waals surface area contributed by atoms with Crippen molar-refractivity contribution in [2.75, 3.05) is 13.7 Å². The van der Waals surface area contributed by atoms with Gasteiger partial charge in [-0.05, 0) is 29.3 Å². The largest absolute Gasteiger partial charge is 0.493 e. The standard InChI is InChI=1S/C20H18N2O4S2/c1-25-16-9-14(10-17-19(24)22-20(27)28-17)7-8-15(16)26-12-18(23)21-11-13-5-3-2-4-6-13/h2-10H,11-12H2,1H3,(H,21,23)(H,22,24,27)/b17-10+. The van der Waals surface area contributed by atoms with Crippen molar-refractivity contribution < 1.29 is 19.1 Å². The Bertz CT molecular complexity index is 929. The first-order chi connectivity index (χ1) is 13.5. The number of thioether (sulfide) groups is 1. The summed E-state index contributed by atoms with van der Waals surface area (Å²) in [5, 5.41) is 5.37. The maximum absolute atomic E-state index is 12.0. The van der Waals surface area contributed by atoms with Crippen LogP contribution in [-0.4, -0.2) is 29.9 Å².